The Hall–Kier alpha value is -1.22. The smallest absolute Gasteiger partial charge is 0.150 e. The van der Waals surface area contributed by atoms with Crippen molar-refractivity contribution >= 4 is 5.78 Å². The van der Waals surface area contributed by atoms with Crippen LogP contribution in [0.1, 0.15) is 25.8 Å². The Bertz CT molecular complexity index is 334. The molecule has 1 atom stereocenters. The second kappa shape index (κ2) is 6.38. The van der Waals surface area contributed by atoms with Crippen LogP contribution in [0.2, 0.25) is 0 Å². The van der Waals surface area contributed by atoms with Crippen molar-refractivity contribution in [1.82, 2.24) is 5.32 Å². The number of carbonyl (C=O) groups is 1. The topological polar surface area (TPSA) is 29.1 Å². The molecule has 1 aromatic carbocycles. The highest BCUT2D eigenvalue weighted by molar-refractivity contribution is 5.82. The summed E-state index contributed by atoms with van der Waals surface area (Å²) >= 11 is 0. The number of Topliss-reactive ketones (excluding diaryl/α,β-unsaturated/α-hetero) is 1. The van der Waals surface area contributed by atoms with Crippen molar-refractivity contribution in [2.75, 3.05) is 6.54 Å². The summed E-state index contributed by atoms with van der Waals surface area (Å²) in [4.78, 5) is 11.6. The molecule has 88 valence electrons. The summed E-state index contributed by atoms with van der Waals surface area (Å²) in [5.41, 5.74) is 0.859. The van der Waals surface area contributed by atoms with E-state index in [2.05, 4.69) is 12.2 Å². The predicted molar refractivity (Wildman–Crippen MR) is 62.9 cm³/mol. The highest BCUT2D eigenvalue weighted by Crippen LogP contribution is 2.03. The highest BCUT2D eigenvalue weighted by atomic mass is 19.1. The van der Waals surface area contributed by atoms with Gasteiger partial charge >= 0.3 is 0 Å². The van der Waals surface area contributed by atoms with E-state index in [1.165, 1.54) is 12.1 Å². The molecule has 0 heterocycles. The Kier molecular flexibility index (Phi) is 5.12. The van der Waals surface area contributed by atoms with Crippen molar-refractivity contribution in [3.05, 3.63) is 35.6 Å². The van der Waals surface area contributed by atoms with E-state index in [1.807, 2.05) is 6.92 Å². The number of hydrogen-bond donors (Lipinski definition) is 1. The second-order valence-corrected chi connectivity index (χ2v) is 4.03. The summed E-state index contributed by atoms with van der Waals surface area (Å²) in [5, 5.41) is 3.14. The first-order chi connectivity index (χ1) is 7.61. The SMILES string of the molecule is CCC(C)NCC(=O)Cc1ccc(F)cc1. The fourth-order valence-corrected chi connectivity index (χ4v) is 1.32. The molecule has 0 amide bonds. The molecule has 2 nitrogen and oxygen atoms in total. The summed E-state index contributed by atoms with van der Waals surface area (Å²) in [6.07, 6.45) is 1.37. The van der Waals surface area contributed by atoms with E-state index in [1.54, 1.807) is 12.1 Å². The summed E-state index contributed by atoms with van der Waals surface area (Å²) in [7, 11) is 0. The minimum Gasteiger partial charge on any atom is -0.307 e. The van der Waals surface area contributed by atoms with E-state index in [9.17, 15) is 9.18 Å². The minimum atomic E-state index is -0.270. The molecular formula is C13H18FNO. The van der Waals surface area contributed by atoms with Gasteiger partial charge in [-0.25, -0.2) is 4.39 Å². The van der Waals surface area contributed by atoms with Gasteiger partial charge in [-0.1, -0.05) is 19.1 Å². The molecule has 1 aromatic rings. The van der Waals surface area contributed by atoms with Gasteiger partial charge in [-0.2, -0.15) is 0 Å². The van der Waals surface area contributed by atoms with E-state index >= 15 is 0 Å². The maximum Gasteiger partial charge on any atom is 0.150 e. The molecule has 0 saturated heterocycles. The third-order valence-electron chi connectivity index (χ3n) is 2.57. The lowest BCUT2D eigenvalue weighted by Gasteiger charge is -2.10. The van der Waals surface area contributed by atoms with Crippen LogP contribution in [-0.4, -0.2) is 18.4 Å². The predicted octanol–water partition coefficient (Wildman–Crippen LogP) is 2.33. The van der Waals surface area contributed by atoms with Crippen LogP contribution in [0.25, 0.3) is 0 Å². The van der Waals surface area contributed by atoms with Gasteiger partial charge in [0.25, 0.3) is 0 Å². The van der Waals surface area contributed by atoms with E-state index in [0.717, 1.165) is 12.0 Å². The van der Waals surface area contributed by atoms with Crippen molar-refractivity contribution in [1.29, 1.82) is 0 Å². The van der Waals surface area contributed by atoms with Crippen molar-refractivity contribution in [3.8, 4) is 0 Å². The second-order valence-electron chi connectivity index (χ2n) is 4.03. The Morgan fingerprint density at radius 3 is 2.56 bits per heavy atom. The Morgan fingerprint density at radius 2 is 2.00 bits per heavy atom. The Morgan fingerprint density at radius 1 is 1.38 bits per heavy atom. The molecular weight excluding hydrogens is 205 g/mol. The number of rotatable bonds is 6. The summed E-state index contributed by atoms with van der Waals surface area (Å²) < 4.78 is 12.6. The number of ketones is 1. The molecule has 16 heavy (non-hydrogen) atoms. The number of halogens is 1. The Labute approximate surface area is 95.9 Å². The van der Waals surface area contributed by atoms with Crippen LogP contribution in [0, 0.1) is 5.82 Å². The van der Waals surface area contributed by atoms with Gasteiger partial charge in [0.2, 0.25) is 0 Å². The fraction of sp³-hybridized carbons (Fsp3) is 0.462. The first kappa shape index (κ1) is 12.8. The number of carbonyl (C=O) groups excluding carboxylic acids is 1. The van der Waals surface area contributed by atoms with Crippen LogP contribution in [0.15, 0.2) is 24.3 Å². The standard InChI is InChI=1S/C13H18FNO/c1-3-10(2)15-9-13(16)8-11-4-6-12(14)7-5-11/h4-7,10,15H,3,8-9H2,1-2H3. The molecule has 0 aromatic heterocycles. The van der Waals surface area contributed by atoms with Gasteiger partial charge in [-0.05, 0) is 31.0 Å². The lowest BCUT2D eigenvalue weighted by Crippen LogP contribution is -2.31. The van der Waals surface area contributed by atoms with Crippen molar-refractivity contribution in [3.63, 3.8) is 0 Å². The van der Waals surface area contributed by atoms with Crippen LogP contribution in [0.3, 0.4) is 0 Å². The van der Waals surface area contributed by atoms with Crippen LogP contribution >= 0.6 is 0 Å². The zero-order valence-corrected chi connectivity index (χ0v) is 9.79. The first-order valence-electron chi connectivity index (χ1n) is 5.61. The Balaban J connectivity index is 2.37. The maximum atomic E-state index is 12.6. The lowest BCUT2D eigenvalue weighted by molar-refractivity contribution is -0.117. The van der Waals surface area contributed by atoms with Gasteiger partial charge < -0.3 is 5.32 Å². The summed E-state index contributed by atoms with van der Waals surface area (Å²) in [6.45, 7) is 4.50. The van der Waals surface area contributed by atoms with Gasteiger partial charge in [0, 0.05) is 12.5 Å². The molecule has 0 saturated carbocycles. The zero-order valence-electron chi connectivity index (χ0n) is 9.79. The highest BCUT2D eigenvalue weighted by Gasteiger charge is 2.05. The van der Waals surface area contributed by atoms with E-state index < -0.39 is 0 Å². The number of hydrogen-bond acceptors (Lipinski definition) is 2. The van der Waals surface area contributed by atoms with Gasteiger partial charge in [-0.15, -0.1) is 0 Å². The quantitative estimate of drug-likeness (QED) is 0.802. The van der Waals surface area contributed by atoms with E-state index in [4.69, 9.17) is 0 Å². The number of nitrogens with one attached hydrogen (secondary N) is 1. The average Bonchev–Trinajstić information content (AvgIpc) is 2.29. The molecule has 0 spiro atoms. The van der Waals surface area contributed by atoms with Crippen LogP contribution in [0.5, 0.6) is 0 Å². The summed E-state index contributed by atoms with van der Waals surface area (Å²) in [6, 6.07) is 6.42. The molecule has 0 bridgehead atoms. The molecule has 0 aliphatic heterocycles. The molecule has 0 aliphatic rings. The van der Waals surface area contributed by atoms with Gasteiger partial charge in [0.1, 0.15) is 5.82 Å². The molecule has 0 aliphatic carbocycles. The van der Waals surface area contributed by atoms with Gasteiger partial charge in [0.15, 0.2) is 5.78 Å². The lowest BCUT2D eigenvalue weighted by atomic mass is 10.1. The first-order valence-corrected chi connectivity index (χ1v) is 5.61. The molecule has 1 rings (SSSR count). The van der Waals surface area contributed by atoms with Gasteiger partial charge in [0.05, 0.1) is 6.54 Å². The molecule has 1 N–H and O–H groups in total. The van der Waals surface area contributed by atoms with Crippen molar-refractivity contribution in [2.24, 2.45) is 0 Å². The van der Waals surface area contributed by atoms with Crippen molar-refractivity contribution in [2.45, 2.75) is 32.7 Å². The fourth-order valence-electron chi connectivity index (χ4n) is 1.32. The van der Waals surface area contributed by atoms with Gasteiger partial charge in [-0.3, -0.25) is 4.79 Å². The molecule has 1 unspecified atom stereocenters. The molecule has 0 fully saturated rings. The van der Waals surface area contributed by atoms with E-state index in [0.29, 0.717) is 19.0 Å². The van der Waals surface area contributed by atoms with Crippen molar-refractivity contribution < 1.29 is 9.18 Å². The number of benzene rings is 1. The largest absolute Gasteiger partial charge is 0.307 e. The molecule has 0 radical (unpaired) electrons. The van der Waals surface area contributed by atoms with Crippen LogP contribution in [-0.2, 0) is 11.2 Å². The normalized spacial score (nSPS) is 12.4. The summed E-state index contributed by atoms with van der Waals surface area (Å²) in [5.74, 6) is -0.138. The third-order valence-corrected chi connectivity index (χ3v) is 2.57. The van der Waals surface area contributed by atoms with Crippen LogP contribution < -0.4 is 5.32 Å². The minimum absolute atomic E-state index is 0.131. The maximum absolute atomic E-state index is 12.6. The zero-order chi connectivity index (χ0) is 12.0. The molecule has 3 heteroatoms. The third kappa shape index (κ3) is 4.53. The monoisotopic (exact) mass is 223 g/mol. The average molecular weight is 223 g/mol. The van der Waals surface area contributed by atoms with E-state index in [-0.39, 0.29) is 11.6 Å². The van der Waals surface area contributed by atoms with Crippen LogP contribution in [0.4, 0.5) is 4.39 Å².